The van der Waals surface area contributed by atoms with E-state index in [9.17, 15) is 4.79 Å². The van der Waals surface area contributed by atoms with Gasteiger partial charge < -0.3 is 14.5 Å². The van der Waals surface area contributed by atoms with E-state index in [2.05, 4.69) is 11.2 Å². The number of rotatable bonds is 10. The fraction of sp³-hybridized carbons (Fsp3) is 0.286. The molecule has 0 atom stereocenters. The van der Waals surface area contributed by atoms with Crippen LogP contribution in [-0.4, -0.2) is 19.1 Å². The number of nitrogens with one attached hydrogen (secondary N) is 1. The van der Waals surface area contributed by atoms with E-state index in [1.165, 1.54) is 6.08 Å². The lowest BCUT2D eigenvalue weighted by Crippen LogP contribution is -2.03. The molecule has 0 saturated heterocycles. The largest absolute Gasteiger partial charge is 0.465 e. The van der Waals surface area contributed by atoms with Crippen molar-refractivity contribution in [1.82, 2.24) is 0 Å². The van der Waals surface area contributed by atoms with Crippen LogP contribution in [0.4, 0.5) is 5.69 Å². The molecule has 2 rings (SSSR count). The number of carbonyl (C=O) groups excluding carboxylic acids is 1. The zero-order valence-corrected chi connectivity index (χ0v) is 14.2. The van der Waals surface area contributed by atoms with Gasteiger partial charge in [-0.15, -0.1) is 6.42 Å². The van der Waals surface area contributed by atoms with Crippen molar-refractivity contribution < 1.29 is 13.9 Å². The second kappa shape index (κ2) is 10.8. The van der Waals surface area contributed by atoms with Gasteiger partial charge in [-0.2, -0.15) is 0 Å². The molecule has 1 aromatic carbocycles. The van der Waals surface area contributed by atoms with Crippen molar-refractivity contribution in [2.24, 2.45) is 0 Å². The molecule has 1 aromatic heterocycles. The molecule has 1 heterocycles. The van der Waals surface area contributed by atoms with Crippen LogP contribution in [-0.2, 0) is 9.53 Å². The summed E-state index contributed by atoms with van der Waals surface area (Å²) in [6.07, 6.45) is 13.9. The number of ether oxygens (including phenoxy) is 1. The number of unbranched alkanes of at least 4 members (excludes halogenated alkanes) is 3. The summed E-state index contributed by atoms with van der Waals surface area (Å²) in [6, 6.07) is 11.4. The monoisotopic (exact) mass is 337 g/mol. The van der Waals surface area contributed by atoms with E-state index in [0.717, 1.165) is 43.5 Å². The van der Waals surface area contributed by atoms with E-state index in [-0.39, 0.29) is 5.97 Å². The number of hydrogen-bond acceptors (Lipinski definition) is 4. The third-order valence-electron chi connectivity index (χ3n) is 3.62. The van der Waals surface area contributed by atoms with Gasteiger partial charge in [-0.3, -0.25) is 0 Å². The van der Waals surface area contributed by atoms with Crippen LogP contribution in [0.5, 0.6) is 0 Å². The number of hydrogen-bond donors (Lipinski definition) is 1. The van der Waals surface area contributed by atoms with Crippen LogP contribution in [0.25, 0.3) is 6.08 Å². The Hall–Kier alpha value is -2.93. The van der Waals surface area contributed by atoms with Crippen molar-refractivity contribution in [3.05, 3.63) is 60.1 Å². The first-order valence-corrected chi connectivity index (χ1v) is 8.47. The van der Waals surface area contributed by atoms with E-state index in [0.29, 0.717) is 12.4 Å². The van der Waals surface area contributed by atoms with Gasteiger partial charge in [-0.05, 0) is 61.7 Å². The Bertz CT molecular complexity index is 694. The molecule has 0 saturated carbocycles. The van der Waals surface area contributed by atoms with E-state index in [1.54, 1.807) is 24.5 Å². The van der Waals surface area contributed by atoms with Gasteiger partial charge >= 0.3 is 5.97 Å². The van der Waals surface area contributed by atoms with Crippen LogP contribution in [0.15, 0.2) is 53.2 Å². The number of anilines is 1. The lowest BCUT2D eigenvalue weighted by molar-refractivity contribution is -0.137. The highest BCUT2D eigenvalue weighted by Gasteiger charge is 1.98. The summed E-state index contributed by atoms with van der Waals surface area (Å²) < 4.78 is 10.2. The summed E-state index contributed by atoms with van der Waals surface area (Å²) in [5, 5.41) is 3.36. The quantitative estimate of drug-likeness (QED) is 0.300. The minimum Gasteiger partial charge on any atom is -0.465 e. The molecular formula is C21H23NO3. The van der Waals surface area contributed by atoms with E-state index < -0.39 is 0 Å². The molecule has 4 nitrogen and oxygen atoms in total. The standard InChI is InChI=1S/C21H23NO3/c1-2-18-9-11-19(12-10-18)22-15-5-3-4-6-16-25-21(23)14-13-20-8-7-17-24-20/h1,7-14,17,22H,3-6,15-16H2. The van der Waals surface area contributed by atoms with Crippen LogP contribution < -0.4 is 5.32 Å². The van der Waals surface area contributed by atoms with Crippen LogP contribution in [0.2, 0.25) is 0 Å². The maximum Gasteiger partial charge on any atom is 0.330 e. The van der Waals surface area contributed by atoms with Gasteiger partial charge in [0.05, 0.1) is 12.9 Å². The third-order valence-corrected chi connectivity index (χ3v) is 3.62. The highest BCUT2D eigenvalue weighted by Crippen LogP contribution is 2.09. The predicted molar refractivity (Wildman–Crippen MR) is 100 cm³/mol. The van der Waals surface area contributed by atoms with Crippen LogP contribution in [0.1, 0.15) is 37.0 Å². The lowest BCUT2D eigenvalue weighted by atomic mass is 10.2. The SMILES string of the molecule is C#Cc1ccc(NCCCCCCOC(=O)C=Cc2ccco2)cc1. The molecule has 130 valence electrons. The van der Waals surface area contributed by atoms with Crippen LogP contribution in [0.3, 0.4) is 0 Å². The Labute approximate surface area is 148 Å². The lowest BCUT2D eigenvalue weighted by Gasteiger charge is -2.06. The predicted octanol–water partition coefficient (Wildman–Crippen LogP) is 4.49. The molecule has 25 heavy (non-hydrogen) atoms. The summed E-state index contributed by atoms with van der Waals surface area (Å²) in [5.74, 6) is 2.90. The van der Waals surface area contributed by atoms with E-state index in [4.69, 9.17) is 15.6 Å². The van der Waals surface area contributed by atoms with Crippen molar-refractivity contribution >= 4 is 17.7 Å². The first-order valence-electron chi connectivity index (χ1n) is 8.47. The zero-order valence-electron chi connectivity index (χ0n) is 14.2. The number of furan rings is 1. The zero-order chi connectivity index (χ0) is 17.7. The minimum atomic E-state index is -0.339. The van der Waals surface area contributed by atoms with E-state index in [1.807, 2.05) is 24.3 Å². The van der Waals surface area contributed by atoms with Crippen LogP contribution >= 0.6 is 0 Å². The molecule has 4 heteroatoms. The average molecular weight is 337 g/mol. The maximum absolute atomic E-state index is 11.5. The number of carbonyl (C=O) groups is 1. The van der Waals surface area contributed by atoms with E-state index >= 15 is 0 Å². The summed E-state index contributed by atoms with van der Waals surface area (Å²) >= 11 is 0. The second-order valence-corrected chi connectivity index (χ2v) is 5.58. The number of esters is 1. The summed E-state index contributed by atoms with van der Waals surface area (Å²) in [6.45, 7) is 1.36. The van der Waals surface area contributed by atoms with Crippen molar-refractivity contribution in [2.45, 2.75) is 25.7 Å². The first kappa shape index (κ1) is 18.4. The Morgan fingerprint density at radius 2 is 1.96 bits per heavy atom. The summed E-state index contributed by atoms with van der Waals surface area (Å²) in [5.41, 5.74) is 1.97. The van der Waals surface area contributed by atoms with Crippen molar-refractivity contribution in [2.75, 3.05) is 18.5 Å². The fourth-order valence-corrected chi connectivity index (χ4v) is 2.25. The molecule has 0 aliphatic carbocycles. The first-order chi connectivity index (χ1) is 12.3. The number of terminal acetylenes is 1. The molecular weight excluding hydrogens is 314 g/mol. The van der Waals surface area contributed by atoms with Gasteiger partial charge in [-0.25, -0.2) is 4.79 Å². The Morgan fingerprint density at radius 3 is 2.68 bits per heavy atom. The third kappa shape index (κ3) is 7.45. The van der Waals surface area contributed by atoms with Gasteiger partial charge in [0.25, 0.3) is 0 Å². The van der Waals surface area contributed by atoms with Gasteiger partial charge in [0.1, 0.15) is 5.76 Å². The Kier molecular flexibility index (Phi) is 7.93. The normalized spacial score (nSPS) is 10.5. The smallest absolute Gasteiger partial charge is 0.330 e. The highest BCUT2D eigenvalue weighted by atomic mass is 16.5. The molecule has 0 spiro atoms. The van der Waals surface area contributed by atoms with Crippen LogP contribution in [0, 0.1) is 12.3 Å². The second-order valence-electron chi connectivity index (χ2n) is 5.58. The molecule has 0 radical (unpaired) electrons. The van der Waals surface area contributed by atoms with Gasteiger partial charge in [0, 0.05) is 23.9 Å². The average Bonchev–Trinajstić information content (AvgIpc) is 3.16. The molecule has 0 bridgehead atoms. The minimum absolute atomic E-state index is 0.339. The molecule has 0 unspecified atom stereocenters. The van der Waals surface area contributed by atoms with Gasteiger partial charge in [0.15, 0.2) is 0 Å². The Balaban J connectivity index is 1.46. The molecule has 2 aromatic rings. The topological polar surface area (TPSA) is 51.5 Å². The number of benzene rings is 1. The molecule has 0 amide bonds. The molecule has 1 N–H and O–H groups in total. The van der Waals surface area contributed by atoms with Crippen molar-refractivity contribution in [3.8, 4) is 12.3 Å². The van der Waals surface area contributed by atoms with Gasteiger partial charge in [0.2, 0.25) is 0 Å². The Morgan fingerprint density at radius 1 is 1.16 bits per heavy atom. The summed E-state index contributed by atoms with van der Waals surface area (Å²) in [7, 11) is 0. The fourth-order valence-electron chi connectivity index (χ4n) is 2.25. The maximum atomic E-state index is 11.5. The molecule has 0 fully saturated rings. The van der Waals surface area contributed by atoms with Crippen molar-refractivity contribution in [1.29, 1.82) is 0 Å². The molecule has 0 aliphatic rings. The summed E-state index contributed by atoms with van der Waals surface area (Å²) in [4.78, 5) is 11.5. The van der Waals surface area contributed by atoms with Crippen molar-refractivity contribution in [3.63, 3.8) is 0 Å². The van der Waals surface area contributed by atoms with Gasteiger partial charge in [-0.1, -0.05) is 12.3 Å². The highest BCUT2D eigenvalue weighted by molar-refractivity contribution is 5.86. The molecule has 0 aliphatic heterocycles.